The van der Waals surface area contributed by atoms with Crippen LogP contribution in [0, 0.1) is 6.92 Å². The minimum absolute atomic E-state index is 0.545. The molecule has 0 aliphatic rings. The van der Waals surface area contributed by atoms with E-state index in [4.69, 9.17) is 0 Å². The molecule has 0 unspecified atom stereocenters. The molecule has 0 bridgehead atoms. The van der Waals surface area contributed by atoms with Crippen LogP contribution in [0.1, 0.15) is 5.56 Å². The van der Waals surface area contributed by atoms with Gasteiger partial charge in [-0.2, -0.15) is 4.99 Å². The first-order valence-corrected chi connectivity index (χ1v) is 4.90. The van der Waals surface area contributed by atoms with Crippen LogP contribution in [0.25, 0.3) is 11.1 Å². The molecule has 0 radical (unpaired) electrons. The van der Waals surface area contributed by atoms with E-state index >= 15 is 0 Å². The van der Waals surface area contributed by atoms with Crippen LogP contribution in [0.5, 0.6) is 0 Å². The van der Waals surface area contributed by atoms with Gasteiger partial charge in [0, 0.05) is 11.8 Å². The summed E-state index contributed by atoms with van der Waals surface area (Å²) in [5, 5.41) is 0. The smallest absolute Gasteiger partial charge is 0.240 e. The van der Waals surface area contributed by atoms with E-state index < -0.39 is 0 Å². The van der Waals surface area contributed by atoms with Crippen molar-refractivity contribution in [2.75, 3.05) is 0 Å². The molecule has 2 aromatic rings. The SMILES string of the molecule is Cc1cccc(-c2ccncc2N=C=O)c1. The predicted molar refractivity (Wildman–Crippen MR) is 62.2 cm³/mol. The van der Waals surface area contributed by atoms with Gasteiger partial charge >= 0.3 is 0 Å². The minimum Gasteiger partial charge on any atom is -0.262 e. The molecule has 0 saturated carbocycles. The zero-order valence-electron chi connectivity index (χ0n) is 8.84. The van der Waals surface area contributed by atoms with E-state index in [0.29, 0.717) is 5.69 Å². The van der Waals surface area contributed by atoms with Crippen molar-refractivity contribution >= 4 is 11.8 Å². The van der Waals surface area contributed by atoms with Gasteiger partial charge in [-0.15, -0.1) is 0 Å². The number of pyridine rings is 1. The normalized spacial score (nSPS) is 9.56. The number of nitrogens with zero attached hydrogens (tertiary/aromatic N) is 2. The molecule has 0 fully saturated rings. The zero-order valence-corrected chi connectivity index (χ0v) is 8.84. The van der Waals surface area contributed by atoms with Crippen LogP contribution in [0.2, 0.25) is 0 Å². The van der Waals surface area contributed by atoms with E-state index in [2.05, 4.69) is 9.98 Å². The van der Waals surface area contributed by atoms with Crippen LogP contribution in [0.15, 0.2) is 47.7 Å². The molecule has 0 spiro atoms. The van der Waals surface area contributed by atoms with Gasteiger partial charge in [-0.1, -0.05) is 29.8 Å². The number of aryl methyl sites for hydroxylation is 1. The van der Waals surface area contributed by atoms with Crippen molar-refractivity contribution in [2.24, 2.45) is 4.99 Å². The van der Waals surface area contributed by atoms with Crippen molar-refractivity contribution in [2.45, 2.75) is 6.92 Å². The third-order valence-corrected chi connectivity index (χ3v) is 2.30. The molecule has 2 rings (SSSR count). The summed E-state index contributed by atoms with van der Waals surface area (Å²) in [5.74, 6) is 0. The van der Waals surface area contributed by atoms with Gasteiger partial charge in [-0.3, -0.25) is 4.98 Å². The summed E-state index contributed by atoms with van der Waals surface area (Å²) >= 11 is 0. The summed E-state index contributed by atoms with van der Waals surface area (Å²) in [6, 6.07) is 9.85. The molecule has 1 aromatic heterocycles. The zero-order chi connectivity index (χ0) is 11.4. The lowest BCUT2D eigenvalue weighted by Crippen LogP contribution is -1.81. The van der Waals surface area contributed by atoms with E-state index in [1.165, 1.54) is 0 Å². The molecular formula is C13H10N2O. The summed E-state index contributed by atoms with van der Waals surface area (Å²) in [6.07, 6.45) is 4.78. The highest BCUT2D eigenvalue weighted by atomic mass is 16.1. The van der Waals surface area contributed by atoms with Gasteiger partial charge in [0.25, 0.3) is 0 Å². The lowest BCUT2D eigenvalue weighted by atomic mass is 10.0. The van der Waals surface area contributed by atoms with Gasteiger partial charge in [-0.05, 0) is 18.6 Å². The highest BCUT2D eigenvalue weighted by Gasteiger charge is 2.03. The Labute approximate surface area is 93.5 Å². The topological polar surface area (TPSA) is 42.3 Å². The number of rotatable bonds is 2. The lowest BCUT2D eigenvalue weighted by Gasteiger charge is -2.04. The third kappa shape index (κ3) is 2.05. The molecule has 0 aliphatic heterocycles. The van der Waals surface area contributed by atoms with Crippen LogP contribution in [-0.2, 0) is 4.79 Å². The lowest BCUT2D eigenvalue weighted by molar-refractivity contribution is 0.565. The fourth-order valence-corrected chi connectivity index (χ4v) is 1.58. The number of carbonyl (C=O) groups excluding carboxylic acids is 1. The fraction of sp³-hybridized carbons (Fsp3) is 0.0769. The van der Waals surface area contributed by atoms with Crippen LogP contribution in [0.3, 0.4) is 0 Å². The first-order chi connectivity index (χ1) is 7.81. The summed E-state index contributed by atoms with van der Waals surface area (Å²) < 4.78 is 0. The Hall–Kier alpha value is -2.25. The molecule has 0 aliphatic carbocycles. The quantitative estimate of drug-likeness (QED) is 0.564. The van der Waals surface area contributed by atoms with E-state index in [-0.39, 0.29) is 0 Å². The Morgan fingerprint density at radius 1 is 1.31 bits per heavy atom. The maximum atomic E-state index is 10.3. The van der Waals surface area contributed by atoms with Crippen LogP contribution < -0.4 is 0 Å². The molecule has 3 heteroatoms. The van der Waals surface area contributed by atoms with E-state index in [9.17, 15) is 4.79 Å². The molecule has 78 valence electrons. The second kappa shape index (κ2) is 4.51. The molecule has 0 amide bonds. The number of aromatic nitrogens is 1. The number of hydrogen-bond donors (Lipinski definition) is 0. The maximum Gasteiger partial charge on any atom is 0.240 e. The Balaban J connectivity index is 2.59. The van der Waals surface area contributed by atoms with Gasteiger partial charge in [0.05, 0.1) is 6.20 Å². The first kappa shape index (κ1) is 10.3. The first-order valence-electron chi connectivity index (χ1n) is 4.90. The van der Waals surface area contributed by atoms with Crippen molar-refractivity contribution in [3.63, 3.8) is 0 Å². The standard InChI is InChI=1S/C13H10N2O/c1-10-3-2-4-11(7-10)12-5-6-14-8-13(12)15-9-16/h2-8H,1H3. The van der Waals surface area contributed by atoms with Crippen molar-refractivity contribution in [3.05, 3.63) is 48.3 Å². The van der Waals surface area contributed by atoms with Crippen molar-refractivity contribution < 1.29 is 4.79 Å². The van der Waals surface area contributed by atoms with Gasteiger partial charge in [-0.25, -0.2) is 4.79 Å². The highest BCUT2D eigenvalue weighted by molar-refractivity contribution is 5.76. The fourth-order valence-electron chi connectivity index (χ4n) is 1.58. The number of hydrogen-bond acceptors (Lipinski definition) is 3. The Morgan fingerprint density at radius 2 is 2.19 bits per heavy atom. The predicted octanol–water partition coefficient (Wildman–Crippen LogP) is 3.02. The van der Waals surface area contributed by atoms with Crippen LogP contribution >= 0.6 is 0 Å². The molecular weight excluding hydrogens is 200 g/mol. The number of benzene rings is 1. The molecule has 0 saturated heterocycles. The van der Waals surface area contributed by atoms with Crippen LogP contribution in [-0.4, -0.2) is 11.1 Å². The summed E-state index contributed by atoms with van der Waals surface area (Å²) in [5.41, 5.74) is 3.62. The van der Waals surface area contributed by atoms with Gasteiger partial charge in [0.1, 0.15) is 5.69 Å². The molecule has 1 heterocycles. The molecule has 3 nitrogen and oxygen atoms in total. The average molecular weight is 210 g/mol. The summed E-state index contributed by atoms with van der Waals surface area (Å²) in [4.78, 5) is 17.9. The number of isocyanates is 1. The average Bonchev–Trinajstić information content (AvgIpc) is 2.30. The van der Waals surface area contributed by atoms with Crippen molar-refractivity contribution in [1.82, 2.24) is 4.98 Å². The van der Waals surface area contributed by atoms with Crippen molar-refractivity contribution in [1.29, 1.82) is 0 Å². The molecule has 1 aromatic carbocycles. The van der Waals surface area contributed by atoms with E-state index in [1.54, 1.807) is 18.5 Å². The monoisotopic (exact) mass is 210 g/mol. The van der Waals surface area contributed by atoms with Crippen molar-refractivity contribution in [3.8, 4) is 11.1 Å². The highest BCUT2D eigenvalue weighted by Crippen LogP contribution is 2.29. The molecule has 0 atom stereocenters. The van der Waals surface area contributed by atoms with Gasteiger partial charge in [0.15, 0.2) is 0 Å². The summed E-state index contributed by atoms with van der Waals surface area (Å²) in [6.45, 7) is 2.02. The maximum absolute atomic E-state index is 10.3. The van der Waals surface area contributed by atoms with E-state index in [0.717, 1.165) is 16.7 Å². The largest absolute Gasteiger partial charge is 0.262 e. The molecule has 0 N–H and O–H groups in total. The number of aliphatic imine (C=N–C) groups is 1. The summed E-state index contributed by atoms with van der Waals surface area (Å²) in [7, 11) is 0. The Morgan fingerprint density at radius 3 is 2.94 bits per heavy atom. The molecule has 16 heavy (non-hydrogen) atoms. The minimum atomic E-state index is 0.545. The Bertz CT molecular complexity index is 557. The second-order valence-electron chi connectivity index (χ2n) is 3.47. The van der Waals surface area contributed by atoms with Gasteiger partial charge in [0.2, 0.25) is 6.08 Å². The third-order valence-electron chi connectivity index (χ3n) is 2.30. The van der Waals surface area contributed by atoms with E-state index in [1.807, 2.05) is 37.3 Å². The van der Waals surface area contributed by atoms with Crippen LogP contribution in [0.4, 0.5) is 5.69 Å². The Kier molecular flexibility index (Phi) is 2.90. The second-order valence-corrected chi connectivity index (χ2v) is 3.47. The van der Waals surface area contributed by atoms with Gasteiger partial charge < -0.3 is 0 Å².